The zero-order chi connectivity index (χ0) is 19.6. The number of Topliss-reactive ketones (excluding diaryl/α,β-unsaturated/α-hetero) is 1. The van der Waals surface area contributed by atoms with Gasteiger partial charge in [0.1, 0.15) is 12.4 Å². The molecule has 0 aliphatic carbocycles. The Kier molecular flexibility index (Phi) is 7.45. The molecule has 0 heterocycles. The highest BCUT2D eigenvalue weighted by Gasteiger charge is 2.10. The van der Waals surface area contributed by atoms with E-state index in [2.05, 4.69) is 10.6 Å². The van der Waals surface area contributed by atoms with Gasteiger partial charge in [0, 0.05) is 12.1 Å². The number of amides is 1. The summed E-state index contributed by atoms with van der Waals surface area (Å²) >= 11 is 0. The van der Waals surface area contributed by atoms with Crippen LogP contribution in [0.25, 0.3) is 0 Å². The van der Waals surface area contributed by atoms with E-state index in [1.165, 1.54) is 6.07 Å². The molecule has 0 radical (unpaired) electrons. The third-order valence-corrected chi connectivity index (χ3v) is 3.57. The van der Waals surface area contributed by atoms with Gasteiger partial charge in [-0.1, -0.05) is 30.3 Å². The number of carboxylic acids is 1. The van der Waals surface area contributed by atoms with Gasteiger partial charge in [-0.25, -0.2) is 14.0 Å². The van der Waals surface area contributed by atoms with Gasteiger partial charge in [0.15, 0.2) is 5.78 Å². The predicted molar refractivity (Wildman–Crippen MR) is 94.7 cm³/mol. The van der Waals surface area contributed by atoms with Gasteiger partial charge in [-0.2, -0.15) is 0 Å². The molecule has 2 rings (SSSR count). The molecule has 0 unspecified atom stereocenters. The summed E-state index contributed by atoms with van der Waals surface area (Å²) in [5.74, 6) is -2.06. The quantitative estimate of drug-likeness (QED) is 0.621. The molecule has 142 valence electrons. The van der Waals surface area contributed by atoms with E-state index in [-0.39, 0.29) is 43.2 Å². The predicted octanol–water partition coefficient (Wildman–Crippen LogP) is 2.11. The number of alkyl carbamates (subject to hydrolysis) is 1. The number of carbonyl (C=O) groups is 3. The van der Waals surface area contributed by atoms with Crippen molar-refractivity contribution in [2.45, 2.75) is 13.2 Å². The number of ketones is 1. The van der Waals surface area contributed by atoms with E-state index >= 15 is 0 Å². The third-order valence-electron chi connectivity index (χ3n) is 3.57. The van der Waals surface area contributed by atoms with E-state index in [1.54, 1.807) is 12.1 Å². The molecular weight excluding hydrogens is 355 g/mol. The average Bonchev–Trinajstić information content (AvgIpc) is 2.66. The Morgan fingerprint density at radius 3 is 2.48 bits per heavy atom. The van der Waals surface area contributed by atoms with Crippen molar-refractivity contribution in [1.29, 1.82) is 0 Å². The molecule has 2 aromatic carbocycles. The van der Waals surface area contributed by atoms with Crippen LogP contribution in [0.5, 0.6) is 0 Å². The van der Waals surface area contributed by atoms with Crippen molar-refractivity contribution in [1.82, 2.24) is 10.6 Å². The summed E-state index contributed by atoms with van der Waals surface area (Å²) in [5, 5.41) is 14.0. The topological polar surface area (TPSA) is 105 Å². The molecule has 2 aromatic rings. The molecule has 0 aromatic heterocycles. The molecule has 0 spiro atoms. The van der Waals surface area contributed by atoms with Crippen LogP contribution < -0.4 is 10.6 Å². The Balaban J connectivity index is 1.68. The van der Waals surface area contributed by atoms with Crippen molar-refractivity contribution in [3.63, 3.8) is 0 Å². The van der Waals surface area contributed by atoms with Crippen molar-refractivity contribution in [2.75, 3.05) is 13.1 Å². The maximum absolute atomic E-state index is 13.6. The molecule has 0 saturated carbocycles. The van der Waals surface area contributed by atoms with Crippen LogP contribution >= 0.6 is 0 Å². The van der Waals surface area contributed by atoms with Crippen LogP contribution in [0, 0.1) is 5.82 Å². The van der Waals surface area contributed by atoms with Crippen LogP contribution in [0.2, 0.25) is 0 Å². The zero-order valence-electron chi connectivity index (χ0n) is 14.4. The fourth-order valence-electron chi connectivity index (χ4n) is 2.19. The van der Waals surface area contributed by atoms with Gasteiger partial charge in [0.2, 0.25) is 0 Å². The molecule has 0 aliphatic rings. The summed E-state index contributed by atoms with van der Waals surface area (Å²) in [6.07, 6.45) is -0.715. The fourth-order valence-corrected chi connectivity index (χ4v) is 2.19. The van der Waals surface area contributed by atoms with Crippen LogP contribution in [0.15, 0.2) is 48.5 Å². The summed E-state index contributed by atoms with van der Waals surface area (Å²) < 4.78 is 18.6. The third kappa shape index (κ3) is 6.87. The van der Waals surface area contributed by atoms with Crippen molar-refractivity contribution < 1.29 is 28.6 Å². The van der Waals surface area contributed by atoms with E-state index in [0.717, 1.165) is 17.7 Å². The summed E-state index contributed by atoms with van der Waals surface area (Å²) in [4.78, 5) is 34.2. The largest absolute Gasteiger partial charge is 0.478 e. The number of nitrogens with one attached hydrogen (secondary N) is 2. The Morgan fingerprint density at radius 1 is 1.04 bits per heavy atom. The minimum Gasteiger partial charge on any atom is -0.478 e. The number of aromatic carboxylic acids is 1. The molecular formula is C19H19FN2O5. The zero-order valence-corrected chi connectivity index (χ0v) is 14.4. The first-order chi connectivity index (χ1) is 13.0. The molecule has 3 N–H and O–H groups in total. The summed E-state index contributed by atoms with van der Waals surface area (Å²) in [6.45, 7) is -0.274. The van der Waals surface area contributed by atoms with Crippen LogP contribution in [0.1, 0.15) is 21.5 Å². The van der Waals surface area contributed by atoms with Gasteiger partial charge < -0.3 is 20.5 Å². The Hall–Kier alpha value is -3.26. The van der Waals surface area contributed by atoms with Crippen LogP contribution in [-0.4, -0.2) is 36.0 Å². The lowest BCUT2D eigenvalue weighted by atomic mass is 10.1. The molecule has 0 bridgehead atoms. The Labute approximate surface area is 155 Å². The second-order valence-corrected chi connectivity index (χ2v) is 5.67. The Morgan fingerprint density at radius 2 is 1.78 bits per heavy atom. The standard InChI is InChI=1S/C19H19FN2O5/c20-17-7-6-14(18(24)25)8-15(17)9-21-10-16(23)11-22-19(26)27-12-13-4-2-1-3-5-13/h1-8,21H,9-12H2,(H,22,26)(H,24,25). The molecule has 0 saturated heterocycles. The number of carboxylic acid groups (broad SMARTS) is 1. The van der Waals surface area contributed by atoms with E-state index in [0.29, 0.717) is 0 Å². The second kappa shape index (κ2) is 10.0. The molecule has 8 heteroatoms. The number of hydrogen-bond donors (Lipinski definition) is 3. The first-order valence-electron chi connectivity index (χ1n) is 8.14. The van der Waals surface area contributed by atoms with Gasteiger partial charge in [0.25, 0.3) is 0 Å². The number of benzene rings is 2. The maximum atomic E-state index is 13.6. The maximum Gasteiger partial charge on any atom is 0.407 e. The number of rotatable bonds is 9. The number of hydrogen-bond acceptors (Lipinski definition) is 5. The van der Waals surface area contributed by atoms with E-state index in [1.807, 2.05) is 18.2 Å². The summed E-state index contributed by atoms with van der Waals surface area (Å²) in [5.41, 5.74) is 0.923. The first-order valence-corrected chi connectivity index (χ1v) is 8.14. The van der Waals surface area contributed by atoms with E-state index in [9.17, 15) is 18.8 Å². The lowest BCUT2D eigenvalue weighted by molar-refractivity contribution is -0.117. The highest BCUT2D eigenvalue weighted by atomic mass is 19.1. The smallest absolute Gasteiger partial charge is 0.407 e. The molecule has 0 fully saturated rings. The number of ether oxygens (including phenoxy) is 1. The van der Waals surface area contributed by atoms with Crippen LogP contribution in [-0.2, 0) is 22.7 Å². The summed E-state index contributed by atoms with van der Waals surface area (Å²) in [7, 11) is 0. The Bertz CT molecular complexity index is 811. The monoisotopic (exact) mass is 374 g/mol. The van der Waals surface area contributed by atoms with E-state index in [4.69, 9.17) is 9.84 Å². The minimum absolute atomic E-state index is 0.0167. The number of carbonyl (C=O) groups excluding carboxylic acids is 2. The van der Waals surface area contributed by atoms with Crippen LogP contribution in [0.3, 0.4) is 0 Å². The molecule has 1 amide bonds. The van der Waals surface area contributed by atoms with Crippen molar-refractivity contribution >= 4 is 17.8 Å². The van der Waals surface area contributed by atoms with Gasteiger partial charge in [-0.15, -0.1) is 0 Å². The SMILES string of the molecule is O=C(CNCc1cc(C(=O)O)ccc1F)CNC(=O)OCc1ccccc1. The first kappa shape index (κ1) is 20.1. The summed E-state index contributed by atoms with van der Waals surface area (Å²) in [6, 6.07) is 12.5. The van der Waals surface area contributed by atoms with Gasteiger partial charge in [-0.05, 0) is 23.8 Å². The highest BCUT2D eigenvalue weighted by molar-refractivity contribution is 5.87. The van der Waals surface area contributed by atoms with Gasteiger partial charge in [0.05, 0.1) is 18.7 Å². The second-order valence-electron chi connectivity index (χ2n) is 5.67. The average molecular weight is 374 g/mol. The van der Waals surface area contributed by atoms with Crippen molar-refractivity contribution in [2.24, 2.45) is 0 Å². The van der Waals surface area contributed by atoms with Gasteiger partial charge in [-0.3, -0.25) is 4.79 Å². The lowest BCUT2D eigenvalue weighted by Gasteiger charge is -2.08. The molecule has 27 heavy (non-hydrogen) atoms. The fraction of sp³-hybridized carbons (Fsp3) is 0.211. The number of halogens is 1. The van der Waals surface area contributed by atoms with Crippen molar-refractivity contribution in [3.05, 3.63) is 71.0 Å². The highest BCUT2D eigenvalue weighted by Crippen LogP contribution is 2.10. The minimum atomic E-state index is -1.16. The van der Waals surface area contributed by atoms with Crippen molar-refractivity contribution in [3.8, 4) is 0 Å². The molecule has 7 nitrogen and oxygen atoms in total. The normalized spacial score (nSPS) is 10.3. The molecule has 0 aliphatic heterocycles. The van der Waals surface area contributed by atoms with Gasteiger partial charge >= 0.3 is 12.1 Å². The lowest BCUT2D eigenvalue weighted by Crippen LogP contribution is -2.35. The molecule has 0 atom stereocenters. The van der Waals surface area contributed by atoms with Crippen LogP contribution in [0.4, 0.5) is 9.18 Å². The van der Waals surface area contributed by atoms with E-state index < -0.39 is 17.9 Å².